The van der Waals surface area contributed by atoms with Crippen molar-refractivity contribution in [3.8, 4) is 0 Å². The average Bonchev–Trinajstić information content (AvgIpc) is 2.26. The Balaban J connectivity index is 4.69. The molecule has 0 heterocycles. The summed E-state index contributed by atoms with van der Waals surface area (Å²) >= 11 is 0. The second-order valence-corrected chi connectivity index (χ2v) is 4.69. The smallest absolute Gasteiger partial charge is 0.401 e. The summed E-state index contributed by atoms with van der Waals surface area (Å²) in [7, 11) is 0. The quantitative estimate of drug-likeness (QED) is 0.530. The summed E-state index contributed by atoms with van der Waals surface area (Å²) < 4.78 is 41.6. The molecule has 0 rings (SSSR count). The van der Waals surface area contributed by atoms with Crippen molar-refractivity contribution in [3.05, 3.63) is 0 Å². The van der Waals surface area contributed by atoms with Gasteiger partial charge in [0.25, 0.3) is 0 Å². The van der Waals surface area contributed by atoms with E-state index in [0.29, 0.717) is 0 Å². The van der Waals surface area contributed by atoms with Gasteiger partial charge in [0.15, 0.2) is 5.78 Å². The number of alkyl halides is 3. The molecule has 7 heteroatoms. The maximum atomic E-state index is 12.3. The minimum atomic E-state index is -4.37. The number of halogens is 3. The monoisotopic (exact) mass is 283 g/mol. The number of hydrogen-bond acceptors (Lipinski definition) is 4. The predicted molar refractivity (Wildman–Crippen MR) is 63.6 cm³/mol. The second kappa shape index (κ2) is 6.88. The molecular formula is C12H20F3NO3. The van der Waals surface area contributed by atoms with Gasteiger partial charge >= 0.3 is 12.1 Å². The lowest BCUT2D eigenvalue weighted by atomic mass is 9.88. The van der Waals surface area contributed by atoms with Crippen molar-refractivity contribution >= 4 is 11.8 Å². The lowest BCUT2D eigenvalue weighted by Gasteiger charge is -2.26. The molecule has 0 saturated carbocycles. The Kier molecular flexibility index (Phi) is 6.48. The van der Waals surface area contributed by atoms with Gasteiger partial charge < -0.3 is 4.74 Å². The first-order valence-corrected chi connectivity index (χ1v) is 6.04. The minimum Gasteiger partial charge on any atom is -0.465 e. The highest BCUT2D eigenvalue weighted by molar-refractivity contribution is 6.03. The molecule has 0 atom stereocenters. The molecule has 4 nitrogen and oxygen atoms in total. The maximum Gasteiger partial charge on any atom is 0.401 e. The maximum absolute atomic E-state index is 12.3. The number of likely N-dealkylation sites (N-methyl/N-ethyl adjacent to an activating group) is 1. The van der Waals surface area contributed by atoms with Gasteiger partial charge in [-0.15, -0.1) is 0 Å². The molecule has 0 aliphatic carbocycles. The highest BCUT2D eigenvalue weighted by Gasteiger charge is 2.39. The summed E-state index contributed by atoms with van der Waals surface area (Å²) in [5, 5.41) is 0. The van der Waals surface area contributed by atoms with Crippen LogP contribution in [0.25, 0.3) is 0 Å². The lowest BCUT2D eigenvalue weighted by molar-refractivity contribution is -0.160. The van der Waals surface area contributed by atoms with E-state index in [1.165, 1.54) is 20.8 Å². The van der Waals surface area contributed by atoms with E-state index in [1.54, 1.807) is 6.92 Å². The zero-order chi connectivity index (χ0) is 15.3. The van der Waals surface area contributed by atoms with Crippen LogP contribution in [0, 0.1) is 5.41 Å². The molecule has 112 valence electrons. The summed E-state index contributed by atoms with van der Waals surface area (Å²) in [6, 6.07) is 0. The number of ketones is 1. The molecule has 0 bridgehead atoms. The fourth-order valence-corrected chi connectivity index (χ4v) is 1.36. The third kappa shape index (κ3) is 6.04. The van der Waals surface area contributed by atoms with E-state index in [4.69, 9.17) is 4.74 Å². The standard InChI is InChI=1S/C12H20F3NO3/c1-5-16(8-12(13,14)15)7-9(17)11(3,4)10(18)19-6-2/h5-8H2,1-4H3. The number of hydrogen-bond donors (Lipinski definition) is 0. The Morgan fingerprint density at radius 2 is 1.68 bits per heavy atom. The first kappa shape index (κ1) is 17.9. The van der Waals surface area contributed by atoms with Crippen LogP contribution in [-0.4, -0.2) is 49.1 Å². The van der Waals surface area contributed by atoms with E-state index in [1.807, 2.05) is 0 Å². The van der Waals surface area contributed by atoms with Crippen LogP contribution in [0.4, 0.5) is 13.2 Å². The van der Waals surface area contributed by atoms with Gasteiger partial charge in [0.05, 0.1) is 19.7 Å². The molecule has 0 saturated heterocycles. The number of carbonyl (C=O) groups excluding carboxylic acids is 2. The summed E-state index contributed by atoms with van der Waals surface area (Å²) in [6.45, 7) is 4.43. The number of rotatable bonds is 7. The van der Waals surface area contributed by atoms with E-state index in [-0.39, 0.29) is 13.2 Å². The van der Waals surface area contributed by atoms with E-state index < -0.39 is 36.4 Å². The first-order valence-electron chi connectivity index (χ1n) is 6.04. The summed E-state index contributed by atoms with van der Waals surface area (Å²) in [6.07, 6.45) is -4.37. The molecule has 0 N–H and O–H groups in total. The Hall–Kier alpha value is -1.11. The summed E-state index contributed by atoms with van der Waals surface area (Å²) in [5.74, 6) is -1.31. The number of ether oxygens (including phenoxy) is 1. The largest absolute Gasteiger partial charge is 0.465 e. The van der Waals surface area contributed by atoms with Crippen LogP contribution in [-0.2, 0) is 14.3 Å². The molecule has 19 heavy (non-hydrogen) atoms. The minimum absolute atomic E-state index is 0.0736. The molecule has 0 spiro atoms. The van der Waals surface area contributed by atoms with Crippen LogP contribution >= 0.6 is 0 Å². The molecule has 0 radical (unpaired) electrons. The average molecular weight is 283 g/mol. The highest BCUT2D eigenvalue weighted by atomic mass is 19.4. The Morgan fingerprint density at radius 1 is 1.16 bits per heavy atom. The van der Waals surface area contributed by atoms with Gasteiger partial charge in [-0.3, -0.25) is 14.5 Å². The molecule has 0 fully saturated rings. The number of carbonyl (C=O) groups is 2. The van der Waals surface area contributed by atoms with Crippen LogP contribution in [0.1, 0.15) is 27.7 Å². The number of nitrogens with zero attached hydrogens (tertiary/aromatic N) is 1. The Labute approximate surface area is 110 Å². The second-order valence-electron chi connectivity index (χ2n) is 4.69. The van der Waals surface area contributed by atoms with Crippen molar-refractivity contribution in [2.75, 3.05) is 26.2 Å². The number of Topliss-reactive ketones (excluding diaryl/α,β-unsaturated/α-hetero) is 1. The molecule has 0 aromatic carbocycles. The molecular weight excluding hydrogens is 263 g/mol. The van der Waals surface area contributed by atoms with Crippen LogP contribution < -0.4 is 0 Å². The van der Waals surface area contributed by atoms with E-state index in [0.717, 1.165) is 4.90 Å². The molecule has 0 aliphatic heterocycles. The normalized spacial score (nSPS) is 12.6. The van der Waals surface area contributed by atoms with E-state index in [9.17, 15) is 22.8 Å². The van der Waals surface area contributed by atoms with Crippen LogP contribution in [0.2, 0.25) is 0 Å². The summed E-state index contributed by atoms with van der Waals surface area (Å²) in [5.41, 5.74) is -1.44. The van der Waals surface area contributed by atoms with Crippen molar-refractivity contribution in [3.63, 3.8) is 0 Å². The van der Waals surface area contributed by atoms with E-state index >= 15 is 0 Å². The molecule has 0 aromatic heterocycles. The molecule has 0 unspecified atom stereocenters. The van der Waals surface area contributed by atoms with Gasteiger partial charge in [0.1, 0.15) is 5.41 Å². The SMILES string of the molecule is CCOC(=O)C(C)(C)C(=O)CN(CC)CC(F)(F)F. The molecule has 0 aromatic rings. The first-order chi connectivity index (χ1) is 8.54. The zero-order valence-electron chi connectivity index (χ0n) is 11.6. The predicted octanol–water partition coefficient (Wildman–Crippen LogP) is 2.03. The van der Waals surface area contributed by atoms with Gasteiger partial charge in [-0.25, -0.2) is 0 Å². The van der Waals surface area contributed by atoms with Gasteiger partial charge in [-0.2, -0.15) is 13.2 Å². The summed E-state index contributed by atoms with van der Waals surface area (Å²) in [4.78, 5) is 24.5. The van der Waals surface area contributed by atoms with Crippen LogP contribution in [0.3, 0.4) is 0 Å². The molecule has 0 aliphatic rings. The zero-order valence-corrected chi connectivity index (χ0v) is 11.6. The van der Waals surface area contributed by atoms with E-state index in [2.05, 4.69) is 0 Å². The fourth-order valence-electron chi connectivity index (χ4n) is 1.36. The van der Waals surface area contributed by atoms with Crippen molar-refractivity contribution in [1.29, 1.82) is 0 Å². The lowest BCUT2D eigenvalue weighted by Crippen LogP contribution is -2.44. The number of esters is 1. The van der Waals surface area contributed by atoms with Gasteiger partial charge in [0.2, 0.25) is 0 Å². The van der Waals surface area contributed by atoms with Gasteiger partial charge in [-0.05, 0) is 27.3 Å². The topological polar surface area (TPSA) is 46.6 Å². The third-order valence-corrected chi connectivity index (χ3v) is 2.70. The fraction of sp³-hybridized carbons (Fsp3) is 0.833. The Morgan fingerprint density at radius 3 is 2.05 bits per heavy atom. The van der Waals surface area contributed by atoms with Crippen molar-refractivity contribution in [2.24, 2.45) is 5.41 Å². The molecule has 0 amide bonds. The van der Waals surface area contributed by atoms with Gasteiger partial charge in [-0.1, -0.05) is 6.92 Å². The highest BCUT2D eigenvalue weighted by Crippen LogP contribution is 2.21. The van der Waals surface area contributed by atoms with Gasteiger partial charge in [0, 0.05) is 0 Å². The van der Waals surface area contributed by atoms with Crippen molar-refractivity contribution in [2.45, 2.75) is 33.9 Å². The van der Waals surface area contributed by atoms with Crippen LogP contribution in [0.15, 0.2) is 0 Å². The Bertz CT molecular complexity index is 327. The third-order valence-electron chi connectivity index (χ3n) is 2.70. The van der Waals surface area contributed by atoms with Crippen LogP contribution in [0.5, 0.6) is 0 Å². The van der Waals surface area contributed by atoms with Crippen molar-refractivity contribution < 1.29 is 27.5 Å². The van der Waals surface area contributed by atoms with Crippen molar-refractivity contribution in [1.82, 2.24) is 4.90 Å².